The Bertz CT molecular complexity index is 673. The van der Waals surface area contributed by atoms with E-state index in [1.807, 2.05) is 0 Å². The van der Waals surface area contributed by atoms with Crippen LogP contribution in [0.3, 0.4) is 0 Å². The Morgan fingerprint density at radius 3 is 2.50 bits per heavy atom. The highest BCUT2D eigenvalue weighted by Gasteiger charge is 2.21. The van der Waals surface area contributed by atoms with E-state index in [1.165, 1.54) is 33.4 Å². The Morgan fingerprint density at radius 2 is 1.77 bits per heavy atom. The normalized spacial score (nSPS) is 12.8. The zero-order chi connectivity index (χ0) is 15.7. The Labute approximate surface area is 134 Å². The van der Waals surface area contributed by atoms with Crippen LogP contribution in [0.1, 0.15) is 29.2 Å². The number of fused-ring (bicyclic) bond motifs is 3. The molecule has 2 heteroatoms. The molecule has 116 valence electrons. The fraction of sp³-hybridized carbons (Fsp3) is 0.400. The summed E-state index contributed by atoms with van der Waals surface area (Å²) in [5.41, 5.74) is 8.75. The van der Waals surface area contributed by atoms with Crippen molar-refractivity contribution in [1.82, 2.24) is 9.80 Å². The summed E-state index contributed by atoms with van der Waals surface area (Å²) in [4.78, 5) is 4.60. The molecule has 0 saturated carbocycles. The van der Waals surface area contributed by atoms with Gasteiger partial charge in [0.25, 0.3) is 0 Å². The Morgan fingerprint density at radius 1 is 0.955 bits per heavy atom. The molecule has 0 N–H and O–H groups in total. The summed E-state index contributed by atoms with van der Waals surface area (Å²) in [7, 11) is 6.46. The van der Waals surface area contributed by atoms with E-state index in [2.05, 4.69) is 74.3 Å². The van der Waals surface area contributed by atoms with E-state index in [-0.39, 0.29) is 0 Å². The van der Waals surface area contributed by atoms with E-state index in [1.54, 1.807) is 0 Å². The van der Waals surface area contributed by atoms with Gasteiger partial charge in [0.2, 0.25) is 0 Å². The summed E-state index contributed by atoms with van der Waals surface area (Å²) in [5.74, 6) is 0. The topological polar surface area (TPSA) is 6.48 Å². The number of benzene rings is 2. The van der Waals surface area contributed by atoms with Gasteiger partial charge in [-0.2, -0.15) is 0 Å². The molecule has 0 aromatic heterocycles. The van der Waals surface area contributed by atoms with Crippen molar-refractivity contribution in [2.24, 2.45) is 0 Å². The molecule has 0 radical (unpaired) electrons. The van der Waals surface area contributed by atoms with Crippen LogP contribution in [-0.4, -0.2) is 37.5 Å². The van der Waals surface area contributed by atoms with E-state index >= 15 is 0 Å². The summed E-state index contributed by atoms with van der Waals surface area (Å²) in [5, 5.41) is 0. The Kier molecular flexibility index (Phi) is 4.32. The second-order valence-electron chi connectivity index (χ2n) is 6.69. The zero-order valence-corrected chi connectivity index (χ0v) is 14.2. The molecule has 2 nitrogen and oxygen atoms in total. The van der Waals surface area contributed by atoms with Gasteiger partial charge in [0.1, 0.15) is 0 Å². The summed E-state index contributed by atoms with van der Waals surface area (Å²) in [6.45, 7) is 5.31. The average Bonchev–Trinajstić information content (AvgIpc) is 2.85. The highest BCUT2D eigenvalue weighted by atomic mass is 15.1. The van der Waals surface area contributed by atoms with Crippen LogP contribution in [0.4, 0.5) is 0 Å². The minimum Gasteiger partial charge on any atom is -0.305 e. The van der Waals surface area contributed by atoms with Gasteiger partial charge in [-0.3, -0.25) is 0 Å². The fourth-order valence-corrected chi connectivity index (χ4v) is 3.36. The molecule has 22 heavy (non-hydrogen) atoms. The number of nitrogens with zero attached hydrogens (tertiary/aromatic N) is 2. The molecule has 0 spiro atoms. The van der Waals surface area contributed by atoms with Crippen molar-refractivity contribution in [3.8, 4) is 11.1 Å². The van der Waals surface area contributed by atoms with Gasteiger partial charge in [-0.05, 0) is 73.6 Å². The van der Waals surface area contributed by atoms with E-state index in [9.17, 15) is 0 Å². The lowest BCUT2D eigenvalue weighted by molar-refractivity contribution is 0.346. The number of rotatable bonds is 5. The minimum atomic E-state index is 1.00. The van der Waals surface area contributed by atoms with Crippen molar-refractivity contribution >= 4 is 0 Å². The maximum absolute atomic E-state index is 2.41. The first-order chi connectivity index (χ1) is 10.6. The SMILES string of the molecule is CCN(C)Cc1ccc2c(c1)-c1c(cccc1CN(C)C)C2. The van der Waals surface area contributed by atoms with E-state index in [0.717, 1.165) is 26.1 Å². The second-order valence-corrected chi connectivity index (χ2v) is 6.69. The van der Waals surface area contributed by atoms with Gasteiger partial charge < -0.3 is 9.80 Å². The molecule has 0 amide bonds. The van der Waals surface area contributed by atoms with Crippen molar-refractivity contribution < 1.29 is 0 Å². The third-order valence-electron chi connectivity index (χ3n) is 4.54. The largest absolute Gasteiger partial charge is 0.305 e. The lowest BCUT2D eigenvalue weighted by Gasteiger charge is -2.16. The van der Waals surface area contributed by atoms with Crippen LogP contribution in [0.25, 0.3) is 11.1 Å². The van der Waals surface area contributed by atoms with Gasteiger partial charge in [-0.25, -0.2) is 0 Å². The summed E-state index contributed by atoms with van der Waals surface area (Å²) >= 11 is 0. The third-order valence-corrected chi connectivity index (χ3v) is 4.54. The average molecular weight is 294 g/mol. The van der Waals surface area contributed by atoms with Crippen molar-refractivity contribution in [1.29, 1.82) is 0 Å². The monoisotopic (exact) mass is 294 g/mol. The number of hydrogen-bond donors (Lipinski definition) is 0. The quantitative estimate of drug-likeness (QED) is 0.707. The summed E-state index contributed by atoms with van der Waals surface area (Å²) < 4.78 is 0. The predicted octanol–water partition coefficient (Wildman–Crippen LogP) is 3.77. The first-order valence-electron chi connectivity index (χ1n) is 8.14. The molecular formula is C20H26N2. The molecule has 0 saturated heterocycles. The highest BCUT2D eigenvalue weighted by Crippen LogP contribution is 2.39. The Balaban J connectivity index is 2.01. The standard InChI is InChI=1S/C20H26N2/c1-5-22(4)13-15-9-10-16-12-17-7-6-8-18(14-21(2)3)20(17)19(16)11-15/h6-11H,5,12-14H2,1-4H3. The van der Waals surface area contributed by atoms with Crippen molar-refractivity contribution in [3.05, 3.63) is 58.7 Å². The van der Waals surface area contributed by atoms with Crippen LogP contribution in [0.2, 0.25) is 0 Å². The zero-order valence-electron chi connectivity index (χ0n) is 14.2. The molecule has 3 rings (SSSR count). The van der Waals surface area contributed by atoms with Gasteiger partial charge in [-0.15, -0.1) is 0 Å². The summed E-state index contributed by atoms with van der Waals surface area (Å²) in [6.07, 6.45) is 1.08. The van der Waals surface area contributed by atoms with Gasteiger partial charge in [0, 0.05) is 13.1 Å². The van der Waals surface area contributed by atoms with Crippen LogP contribution in [0.15, 0.2) is 36.4 Å². The predicted molar refractivity (Wildman–Crippen MR) is 94.1 cm³/mol. The number of hydrogen-bond acceptors (Lipinski definition) is 2. The molecule has 0 unspecified atom stereocenters. The third kappa shape index (κ3) is 2.94. The maximum Gasteiger partial charge on any atom is 0.0233 e. The first-order valence-corrected chi connectivity index (χ1v) is 8.14. The second kappa shape index (κ2) is 6.23. The van der Waals surface area contributed by atoms with Gasteiger partial charge >= 0.3 is 0 Å². The van der Waals surface area contributed by atoms with Crippen LogP contribution >= 0.6 is 0 Å². The van der Waals surface area contributed by atoms with E-state index < -0.39 is 0 Å². The lowest BCUT2D eigenvalue weighted by Crippen LogP contribution is -2.16. The highest BCUT2D eigenvalue weighted by molar-refractivity contribution is 5.80. The van der Waals surface area contributed by atoms with Crippen molar-refractivity contribution in [3.63, 3.8) is 0 Å². The fourth-order valence-electron chi connectivity index (χ4n) is 3.36. The molecule has 2 aromatic rings. The lowest BCUT2D eigenvalue weighted by atomic mass is 9.97. The molecular weight excluding hydrogens is 268 g/mol. The minimum absolute atomic E-state index is 1.00. The molecule has 0 bridgehead atoms. The smallest absolute Gasteiger partial charge is 0.0233 e. The molecule has 0 atom stereocenters. The van der Waals surface area contributed by atoms with Crippen molar-refractivity contribution in [2.75, 3.05) is 27.7 Å². The maximum atomic E-state index is 2.41. The molecule has 1 aliphatic carbocycles. The van der Waals surface area contributed by atoms with E-state index in [4.69, 9.17) is 0 Å². The molecule has 0 fully saturated rings. The van der Waals surface area contributed by atoms with Crippen LogP contribution in [-0.2, 0) is 19.5 Å². The molecule has 0 aliphatic heterocycles. The van der Waals surface area contributed by atoms with Gasteiger partial charge in [0.15, 0.2) is 0 Å². The van der Waals surface area contributed by atoms with E-state index in [0.29, 0.717) is 0 Å². The molecule has 0 heterocycles. The molecule has 2 aromatic carbocycles. The van der Waals surface area contributed by atoms with Gasteiger partial charge in [-0.1, -0.05) is 37.3 Å². The van der Waals surface area contributed by atoms with Gasteiger partial charge in [0.05, 0.1) is 0 Å². The van der Waals surface area contributed by atoms with Crippen LogP contribution in [0, 0.1) is 0 Å². The summed E-state index contributed by atoms with van der Waals surface area (Å²) in [6, 6.07) is 13.8. The Hall–Kier alpha value is -1.64. The van der Waals surface area contributed by atoms with Crippen LogP contribution in [0.5, 0.6) is 0 Å². The first kappa shape index (κ1) is 15.3. The van der Waals surface area contributed by atoms with Crippen LogP contribution < -0.4 is 0 Å². The van der Waals surface area contributed by atoms with Crippen molar-refractivity contribution in [2.45, 2.75) is 26.4 Å². The molecule has 1 aliphatic rings.